The minimum Gasteiger partial charge on any atom is -0.309 e. The molecular formula is C5H13NRf. The summed E-state index contributed by atoms with van der Waals surface area (Å²) in [6, 6.07) is 0. The van der Waals surface area contributed by atoms with Crippen LogP contribution >= 0.6 is 0 Å². The van der Waals surface area contributed by atoms with Gasteiger partial charge in [-0.2, -0.15) is 0 Å². The average Bonchev–Trinajstić information content (AvgIpc) is 1.35. The molecule has 0 atom stereocenters. The summed E-state index contributed by atoms with van der Waals surface area (Å²) in [5.74, 6) is 0. The van der Waals surface area contributed by atoms with Crippen molar-refractivity contribution in [2.24, 2.45) is 0 Å². The van der Waals surface area contributed by atoms with Crippen LogP contribution < -0.4 is 0 Å². The zero-order valence-electron chi connectivity index (χ0n) is 5.57. The monoisotopic (exact) mass is 354 g/mol. The van der Waals surface area contributed by atoms with Crippen LogP contribution in [-0.2, 0) is 0 Å². The number of rotatable bonds is 2. The van der Waals surface area contributed by atoms with Gasteiger partial charge in [0, 0.05) is 0 Å². The molecule has 0 bridgehead atoms. The summed E-state index contributed by atoms with van der Waals surface area (Å²) >= 11 is 0. The third kappa shape index (κ3) is 11.3. The van der Waals surface area contributed by atoms with Crippen molar-refractivity contribution in [2.75, 3.05) is 20.6 Å². The quantitative estimate of drug-likeness (QED) is 0.714. The molecule has 0 N–H and O–H groups in total. The van der Waals surface area contributed by atoms with Crippen LogP contribution in [0.4, 0.5) is 0 Å². The van der Waals surface area contributed by atoms with E-state index in [1.807, 2.05) is 0 Å². The van der Waals surface area contributed by atoms with E-state index >= 15 is 0 Å². The Hall–Kier alpha value is -1.04. The first-order valence-electron chi connectivity index (χ1n) is 2.42. The molecule has 40 valence electrons. The summed E-state index contributed by atoms with van der Waals surface area (Å²) in [7, 11) is 4.17. The second-order valence-electron chi connectivity index (χ2n) is 1.80. The SMILES string of the molecule is CCCN(C)C.[Rf]. The fourth-order valence-corrected chi connectivity index (χ4v) is 0.447. The third-order valence-corrected chi connectivity index (χ3v) is 0.671. The maximum atomic E-state index is 2.18. The number of nitrogens with zero attached hydrogens (tertiary/aromatic N) is 1. The fourth-order valence-electron chi connectivity index (χ4n) is 0.447. The summed E-state index contributed by atoms with van der Waals surface area (Å²) in [6.45, 7) is 3.39. The molecule has 0 unspecified atom stereocenters. The van der Waals surface area contributed by atoms with Crippen LogP contribution in [0, 0.1) is 0 Å². The Morgan fingerprint density at radius 1 is 1.29 bits per heavy atom. The van der Waals surface area contributed by atoms with Gasteiger partial charge in [0.25, 0.3) is 0 Å². The maximum absolute atomic E-state index is 2.18. The van der Waals surface area contributed by atoms with Gasteiger partial charge in [0.15, 0.2) is 0 Å². The molecule has 0 heterocycles. The zero-order chi connectivity index (χ0) is 4.99. The Morgan fingerprint density at radius 2 is 1.71 bits per heavy atom. The van der Waals surface area contributed by atoms with E-state index in [4.69, 9.17) is 0 Å². The first-order valence-corrected chi connectivity index (χ1v) is 2.42. The molecule has 0 aliphatic heterocycles. The van der Waals surface area contributed by atoms with Gasteiger partial charge in [0.2, 0.25) is 0 Å². The smallest absolute Gasteiger partial charge is 0 e. The molecular weight excluding hydrogens is 341 g/mol. The third-order valence-electron chi connectivity index (χ3n) is 0.671. The zero-order valence-corrected chi connectivity index (χ0v) is 12.0. The number of hydrogen-bond donors (Lipinski definition) is 0. The topological polar surface area (TPSA) is 3.24 Å². The van der Waals surface area contributed by atoms with Gasteiger partial charge in [0.1, 0.15) is 0 Å². The first kappa shape index (κ1) is 9.35. The summed E-state index contributed by atoms with van der Waals surface area (Å²) in [5.41, 5.74) is 0. The minimum atomic E-state index is 0. The van der Waals surface area contributed by atoms with Crippen molar-refractivity contribution in [3.05, 3.63) is 0 Å². The number of hydrogen-bond acceptors (Lipinski definition) is 1. The van der Waals surface area contributed by atoms with Crippen molar-refractivity contribution in [2.45, 2.75) is 13.3 Å². The van der Waals surface area contributed by atoms with Gasteiger partial charge in [-0.05, 0) is 27.1 Å². The van der Waals surface area contributed by atoms with Crippen molar-refractivity contribution < 1.29 is 0 Å². The van der Waals surface area contributed by atoms with Crippen LogP contribution in [0.25, 0.3) is 0 Å². The summed E-state index contributed by atoms with van der Waals surface area (Å²) in [4.78, 5) is 2.18. The fraction of sp³-hybridized carbons (Fsp3) is 1.00. The molecule has 0 amide bonds. The molecule has 0 radical (unpaired) electrons. The Labute approximate surface area is 40.0 Å². The van der Waals surface area contributed by atoms with Crippen molar-refractivity contribution in [1.82, 2.24) is 4.90 Å². The van der Waals surface area contributed by atoms with E-state index < -0.39 is 0 Å². The van der Waals surface area contributed by atoms with Gasteiger partial charge >= 0.3 is 0 Å². The second kappa shape index (κ2) is 4.96. The van der Waals surface area contributed by atoms with Crippen molar-refractivity contribution in [3.8, 4) is 0 Å². The maximum Gasteiger partial charge on any atom is 0 e. The molecule has 2 heteroatoms. The second-order valence-corrected chi connectivity index (χ2v) is 1.80. The molecule has 0 saturated carbocycles. The van der Waals surface area contributed by atoms with E-state index in [0.717, 1.165) is 0 Å². The predicted octanol–water partition coefficient (Wildman–Crippen LogP) is 0.958. The van der Waals surface area contributed by atoms with E-state index in [9.17, 15) is 0 Å². The largest absolute Gasteiger partial charge is 0.309 e. The van der Waals surface area contributed by atoms with Gasteiger partial charge in [-0.1, -0.05) is 6.92 Å². The normalized spacial score (nSPS) is 8.57. The molecule has 0 saturated heterocycles. The average molecular weight is 354 g/mol. The molecule has 0 aromatic rings. The van der Waals surface area contributed by atoms with Gasteiger partial charge in [-0.3, -0.25) is 0 Å². The Balaban J connectivity index is 0. The van der Waals surface area contributed by atoms with Crippen LogP contribution in [0.1, 0.15) is 13.3 Å². The molecule has 0 aromatic heterocycles. The predicted molar refractivity (Wildman–Crippen MR) is 28.8 cm³/mol. The van der Waals surface area contributed by atoms with Crippen LogP contribution in [-0.4, -0.2) is 25.5 Å². The first-order chi connectivity index (χ1) is 2.77. The van der Waals surface area contributed by atoms with Crippen molar-refractivity contribution in [3.63, 3.8) is 0 Å². The van der Waals surface area contributed by atoms with E-state index in [1.165, 1.54) is 13.0 Å². The molecule has 7 heavy (non-hydrogen) atoms. The Bertz CT molecular complexity index is 29.3. The van der Waals surface area contributed by atoms with Crippen LogP contribution in [0.5, 0.6) is 0 Å². The van der Waals surface area contributed by atoms with E-state index in [-0.39, 0.29) is 0 Å². The van der Waals surface area contributed by atoms with Crippen molar-refractivity contribution in [1.29, 1.82) is 0 Å². The molecule has 0 aliphatic rings. The van der Waals surface area contributed by atoms with E-state index in [0.29, 0.717) is 0 Å². The van der Waals surface area contributed by atoms with Crippen LogP contribution in [0.2, 0.25) is 0 Å². The standard InChI is InChI=1S/C5H13N.Rf/c1-4-5-6(2)3;/h4-5H2,1-3H3;. The Kier molecular flexibility index (Phi) is 6.63. The summed E-state index contributed by atoms with van der Waals surface area (Å²) in [6.07, 6.45) is 1.26. The van der Waals surface area contributed by atoms with Gasteiger partial charge in [-0.25, -0.2) is 0 Å². The van der Waals surface area contributed by atoms with Gasteiger partial charge < -0.3 is 4.90 Å². The van der Waals surface area contributed by atoms with E-state index in [2.05, 4.69) is 25.9 Å². The molecule has 0 fully saturated rings. The molecule has 1 nitrogen and oxygen atoms in total. The summed E-state index contributed by atoms with van der Waals surface area (Å²) in [5, 5.41) is 0. The molecule has 0 spiro atoms. The minimum absolute atomic E-state index is 0. The van der Waals surface area contributed by atoms with Crippen molar-refractivity contribution >= 4 is 0 Å². The molecule has 0 aromatic carbocycles. The van der Waals surface area contributed by atoms with Gasteiger partial charge in [-0.15, -0.1) is 0 Å². The van der Waals surface area contributed by atoms with Crippen LogP contribution in [0.3, 0.4) is 0 Å². The summed E-state index contributed by atoms with van der Waals surface area (Å²) < 4.78 is 0. The van der Waals surface area contributed by atoms with Crippen LogP contribution in [0.15, 0.2) is 0 Å². The molecule has 0 aliphatic carbocycles. The molecule has 0 rings (SSSR count). The van der Waals surface area contributed by atoms with Gasteiger partial charge in [0.05, 0.1) is 0 Å². The van der Waals surface area contributed by atoms with E-state index in [1.54, 1.807) is 0 Å². The Morgan fingerprint density at radius 3 is 1.71 bits per heavy atom.